The van der Waals surface area contributed by atoms with Gasteiger partial charge < -0.3 is 14.4 Å². The summed E-state index contributed by atoms with van der Waals surface area (Å²) in [5.41, 5.74) is 2.42. The molecule has 134 valence electrons. The molecule has 0 saturated carbocycles. The van der Waals surface area contributed by atoms with Gasteiger partial charge in [0.15, 0.2) is 0 Å². The maximum Gasteiger partial charge on any atom is 0.338 e. The van der Waals surface area contributed by atoms with Gasteiger partial charge >= 0.3 is 11.9 Å². The van der Waals surface area contributed by atoms with E-state index in [1.807, 2.05) is 26.0 Å². The van der Waals surface area contributed by atoms with Gasteiger partial charge in [0, 0.05) is 6.54 Å². The molecule has 0 spiro atoms. The van der Waals surface area contributed by atoms with Gasteiger partial charge in [0.05, 0.1) is 36.1 Å². The van der Waals surface area contributed by atoms with Crippen LogP contribution in [0.4, 0.5) is 0 Å². The Balaban J connectivity index is 1.86. The van der Waals surface area contributed by atoms with Crippen LogP contribution in [-0.4, -0.2) is 48.8 Å². The Bertz CT molecular complexity index is 713. The van der Waals surface area contributed by atoms with Crippen LogP contribution < -0.4 is 0 Å². The van der Waals surface area contributed by atoms with Crippen molar-refractivity contribution < 1.29 is 23.9 Å². The van der Waals surface area contributed by atoms with E-state index in [0.29, 0.717) is 29.3 Å². The standard InChI is InChI=1S/C18H21NO5S/c1-12-5-6-13(2)14(9-12)18(22)24-8-4-7-19-15(20)11-25-16(19)10-17(21)23-3/h5-6,9-10H,4,7-8,11H2,1-3H3/b16-10+. The summed E-state index contributed by atoms with van der Waals surface area (Å²) in [5.74, 6) is -0.635. The van der Waals surface area contributed by atoms with Crippen molar-refractivity contribution in [2.24, 2.45) is 0 Å². The van der Waals surface area contributed by atoms with Crippen molar-refractivity contribution in [3.63, 3.8) is 0 Å². The summed E-state index contributed by atoms with van der Waals surface area (Å²) in [7, 11) is 1.29. The predicted molar refractivity (Wildman–Crippen MR) is 95.1 cm³/mol. The van der Waals surface area contributed by atoms with Crippen molar-refractivity contribution in [1.82, 2.24) is 4.90 Å². The molecule has 6 nitrogen and oxygen atoms in total. The molecule has 0 bridgehead atoms. The van der Waals surface area contributed by atoms with Gasteiger partial charge in [0.1, 0.15) is 0 Å². The first kappa shape index (κ1) is 19.1. The zero-order chi connectivity index (χ0) is 18.4. The SMILES string of the molecule is COC(=O)/C=C1/SCC(=O)N1CCCOC(=O)c1cc(C)ccc1C. The van der Waals surface area contributed by atoms with Gasteiger partial charge in [0.2, 0.25) is 5.91 Å². The Labute approximate surface area is 151 Å². The van der Waals surface area contributed by atoms with Gasteiger partial charge in [-0.15, -0.1) is 0 Å². The number of aryl methyl sites for hydroxylation is 2. The molecule has 1 aromatic carbocycles. The number of esters is 2. The molecule has 1 saturated heterocycles. The van der Waals surface area contributed by atoms with E-state index in [4.69, 9.17) is 4.74 Å². The molecule has 1 heterocycles. The molecule has 25 heavy (non-hydrogen) atoms. The fourth-order valence-corrected chi connectivity index (χ4v) is 3.31. The van der Waals surface area contributed by atoms with Crippen molar-refractivity contribution in [3.8, 4) is 0 Å². The summed E-state index contributed by atoms with van der Waals surface area (Å²) >= 11 is 1.30. The monoisotopic (exact) mass is 363 g/mol. The molecule has 1 aliphatic heterocycles. The summed E-state index contributed by atoms with van der Waals surface area (Å²) < 4.78 is 9.89. The van der Waals surface area contributed by atoms with E-state index < -0.39 is 5.97 Å². The summed E-state index contributed by atoms with van der Waals surface area (Å²) in [6.07, 6.45) is 1.79. The lowest BCUT2D eigenvalue weighted by atomic mass is 10.1. The van der Waals surface area contributed by atoms with Crippen molar-refractivity contribution in [2.75, 3.05) is 26.0 Å². The predicted octanol–water partition coefficient (Wildman–Crippen LogP) is 2.44. The molecule has 0 radical (unpaired) electrons. The molecule has 0 N–H and O–H groups in total. The van der Waals surface area contributed by atoms with E-state index in [-0.39, 0.29) is 18.5 Å². The van der Waals surface area contributed by atoms with Gasteiger partial charge in [-0.1, -0.05) is 29.5 Å². The van der Waals surface area contributed by atoms with E-state index in [0.717, 1.165) is 11.1 Å². The molecule has 0 atom stereocenters. The van der Waals surface area contributed by atoms with Crippen molar-refractivity contribution in [2.45, 2.75) is 20.3 Å². The molecule has 1 amide bonds. The van der Waals surface area contributed by atoms with E-state index in [2.05, 4.69) is 4.74 Å². The zero-order valence-corrected chi connectivity index (χ0v) is 15.4. The van der Waals surface area contributed by atoms with Crippen LogP contribution in [0.1, 0.15) is 27.9 Å². The highest BCUT2D eigenvalue weighted by Crippen LogP contribution is 2.28. The smallest absolute Gasteiger partial charge is 0.338 e. The van der Waals surface area contributed by atoms with Crippen molar-refractivity contribution in [3.05, 3.63) is 46.0 Å². The number of carbonyl (C=O) groups is 3. The number of hydrogen-bond acceptors (Lipinski definition) is 6. The number of ether oxygens (including phenoxy) is 2. The van der Waals surface area contributed by atoms with E-state index in [1.165, 1.54) is 29.8 Å². The number of hydrogen-bond donors (Lipinski definition) is 0. The van der Waals surface area contributed by atoms with Crippen LogP contribution in [0.15, 0.2) is 29.3 Å². The number of nitrogens with zero attached hydrogens (tertiary/aromatic N) is 1. The largest absolute Gasteiger partial charge is 0.466 e. The van der Waals surface area contributed by atoms with Crippen LogP contribution in [0.5, 0.6) is 0 Å². The number of methoxy groups -OCH3 is 1. The third-order valence-electron chi connectivity index (χ3n) is 3.73. The van der Waals surface area contributed by atoms with Crippen LogP contribution in [0.2, 0.25) is 0 Å². The third kappa shape index (κ3) is 5.09. The molecule has 0 unspecified atom stereocenters. The Hall–Kier alpha value is -2.28. The second kappa shape index (κ2) is 8.71. The quantitative estimate of drug-likeness (QED) is 0.439. The fourth-order valence-electron chi connectivity index (χ4n) is 2.35. The molecule has 2 rings (SSSR count). The highest BCUT2D eigenvalue weighted by Gasteiger charge is 2.27. The second-order valence-corrected chi connectivity index (χ2v) is 6.64. The minimum Gasteiger partial charge on any atom is -0.466 e. The Morgan fingerprint density at radius 3 is 2.80 bits per heavy atom. The van der Waals surface area contributed by atoms with Gasteiger partial charge in [-0.05, 0) is 31.9 Å². The minimum absolute atomic E-state index is 0.0685. The maximum absolute atomic E-state index is 12.1. The first-order valence-electron chi connectivity index (χ1n) is 7.89. The van der Waals surface area contributed by atoms with Crippen LogP contribution in [0.25, 0.3) is 0 Å². The van der Waals surface area contributed by atoms with Gasteiger partial charge in [-0.25, -0.2) is 9.59 Å². The first-order chi connectivity index (χ1) is 11.9. The molecule has 0 aromatic heterocycles. The zero-order valence-electron chi connectivity index (χ0n) is 14.5. The van der Waals surface area contributed by atoms with E-state index in [1.54, 1.807) is 6.07 Å². The van der Waals surface area contributed by atoms with Crippen LogP contribution >= 0.6 is 11.8 Å². The average molecular weight is 363 g/mol. The van der Waals surface area contributed by atoms with Crippen LogP contribution in [0, 0.1) is 13.8 Å². The van der Waals surface area contributed by atoms with E-state index >= 15 is 0 Å². The molecule has 0 aliphatic carbocycles. The van der Waals surface area contributed by atoms with Crippen molar-refractivity contribution >= 4 is 29.6 Å². The lowest BCUT2D eigenvalue weighted by Crippen LogP contribution is -2.27. The molecule has 1 fully saturated rings. The maximum atomic E-state index is 12.1. The molecular formula is C18H21NO5S. The minimum atomic E-state index is -0.497. The highest BCUT2D eigenvalue weighted by atomic mass is 32.2. The first-order valence-corrected chi connectivity index (χ1v) is 8.88. The third-order valence-corrected chi connectivity index (χ3v) is 4.75. The Kier molecular flexibility index (Phi) is 6.64. The molecule has 1 aliphatic rings. The molecular weight excluding hydrogens is 342 g/mol. The number of thioether (sulfide) groups is 1. The summed E-state index contributed by atoms with van der Waals surface area (Å²) in [4.78, 5) is 36.9. The summed E-state index contributed by atoms with van der Waals surface area (Å²) in [6.45, 7) is 4.36. The van der Waals surface area contributed by atoms with Crippen molar-refractivity contribution in [1.29, 1.82) is 0 Å². The number of carbonyl (C=O) groups excluding carboxylic acids is 3. The number of amides is 1. The molecule has 7 heteroatoms. The lowest BCUT2D eigenvalue weighted by molar-refractivity contribution is -0.134. The average Bonchev–Trinajstić information content (AvgIpc) is 2.93. The Morgan fingerprint density at radius 1 is 1.32 bits per heavy atom. The second-order valence-electron chi connectivity index (χ2n) is 5.65. The Morgan fingerprint density at radius 2 is 2.08 bits per heavy atom. The van der Waals surface area contributed by atoms with E-state index in [9.17, 15) is 14.4 Å². The van der Waals surface area contributed by atoms with Gasteiger partial charge in [-0.3, -0.25) is 4.79 Å². The normalized spacial score (nSPS) is 15.6. The van der Waals surface area contributed by atoms with Gasteiger partial charge in [-0.2, -0.15) is 0 Å². The highest BCUT2D eigenvalue weighted by molar-refractivity contribution is 8.04. The van der Waals surface area contributed by atoms with Crippen LogP contribution in [0.3, 0.4) is 0 Å². The van der Waals surface area contributed by atoms with Gasteiger partial charge in [0.25, 0.3) is 0 Å². The lowest BCUT2D eigenvalue weighted by Gasteiger charge is -2.16. The summed E-state index contributed by atoms with van der Waals surface area (Å²) in [6, 6.07) is 5.63. The number of benzene rings is 1. The fraction of sp³-hybridized carbons (Fsp3) is 0.389. The molecule has 1 aromatic rings. The topological polar surface area (TPSA) is 72.9 Å². The summed E-state index contributed by atoms with van der Waals surface area (Å²) in [5, 5.41) is 0.567. The van der Waals surface area contributed by atoms with Crippen LogP contribution in [-0.2, 0) is 19.1 Å². The number of rotatable bonds is 6.